The zero-order valence-corrected chi connectivity index (χ0v) is 86.1. The number of hydrogen-bond donors (Lipinski definition) is 0. The van der Waals surface area contributed by atoms with Crippen LogP contribution in [0.25, 0.3) is 188 Å². The van der Waals surface area contributed by atoms with E-state index in [2.05, 4.69) is 531 Å². The van der Waals surface area contributed by atoms with Crippen molar-refractivity contribution in [2.24, 2.45) is 0 Å². The van der Waals surface area contributed by atoms with Crippen molar-refractivity contribution < 1.29 is 5.48 Å². The molecule has 4 aromatic heterocycles. The van der Waals surface area contributed by atoms with Crippen LogP contribution in [-0.4, -0.2) is 18.3 Å². The molecule has 0 saturated heterocycles. The Balaban J connectivity index is 0.000000120. The molecule has 23 rings (SSSR count). The van der Waals surface area contributed by atoms with E-state index < -0.39 is 0 Å². The molecule has 0 spiro atoms. The summed E-state index contributed by atoms with van der Waals surface area (Å²) in [4.78, 5) is 0. The molecular weight excluding hydrogens is 1730 g/mol. The summed E-state index contributed by atoms with van der Waals surface area (Å²) in [6.07, 6.45) is 0. The van der Waals surface area contributed by atoms with E-state index in [1.54, 1.807) is 6.92 Å². The average molecular weight is 1860 g/mol. The molecular formula is C139H130N4. The van der Waals surface area contributed by atoms with Gasteiger partial charge in [0.1, 0.15) is 0 Å². The quantitative estimate of drug-likeness (QED) is 0.123. The lowest BCUT2D eigenvalue weighted by atomic mass is 9.75. The van der Waals surface area contributed by atoms with Gasteiger partial charge in [0.2, 0.25) is 0 Å². The molecule has 0 unspecified atom stereocenters. The molecule has 4 heteroatoms. The zero-order valence-electron chi connectivity index (χ0n) is 90.1. The lowest BCUT2D eigenvalue weighted by Gasteiger charge is -2.29. The molecule has 0 saturated carbocycles. The maximum absolute atomic E-state index is 8.97. The molecule has 0 aliphatic heterocycles. The third kappa shape index (κ3) is 18.2. The fraction of sp³-hybridized carbons (Fsp3) is 0.180. The number of benzene rings is 19. The van der Waals surface area contributed by atoms with Crippen LogP contribution in [0.1, 0.15) is 169 Å². The van der Waals surface area contributed by atoms with Crippen LogP contribution in [0.5, 0.6) is 0 Å². The van der Waals surface area contributed by atoms with Gasteiger partial charge in [-0.3, -0.25) is 0 Å². The first kappa shape index (κ1) is 90.0. The Morgan fingerprint density at radius 1 is 0.182 bits per heavy atom. The highest BCUT2D eigenvalue weighted by Gasteiger charge is 2.34. The van der Waals surface area contributed by atoms with Gasteiger partial charge >= 0.3 is 0 Å². The van der Waals surface area contributed by atoms with E-state index in [0.29, 0.717) is 11.1 Å². The predicted octanol–water partition coefficient (Wildman–Crippen LogP) is 38.9. The molecule has 0 bridgehead atoms. The van der Waals surface area contributed by atoms with E-state index in [0.717, 1.165) is 49.7 Å². The van der Waals surface area contributed by atoms with Crippen LogP contribution in [0.4, 0.5) is 0 Å². The van der Waals surface area contributed by atoms with Crippen molar-refractivity contribution in [3.05, 3.63) is 482 Å². The molecule has 4 heterocycles. The largest absolute Gasteiger partial charge is 0.309 e. The SMILES string of the molecule is CC(C)(C)c1c(-c2ccccc2)ccc2c1c1c(-c3ccccc3)cccc1n2-c1ccccc1.CC(C)(C)c1cc(-c2ccc3c(c2C(C)(C)C)c2c(-c4ccccc4)cccc2n3-c2ccccc2)cc(C(C)(C)C)c1.CC(C)(C)c1cccc2c1c1c(-c3ccccc3)cccc1n2-c1ccccc1.[2H]c1c([2H])c(C)c([2H])c(-c2ccc3c(c2C(C)(C)C)c2c(-c4ccccc4)cccc2n3-c2ccccc2)c1[2H]. The van der Waals surface area contributed by atoms with Crippen molar-refractivity contribution in [2.75, 3.05) is 0 Å². The van der Waals surface area contributed by atoms with Crippen molar-refractivity contribution in [3.63, 3.8) is 0 Å². The predicted molar refractivity (Wildman–Crippen MR) is 618 cm³/mol. The van der Waals surface area contributed by atoms with E-state index in [4.69, 9.17) is 5.48 Å². The van der Waals surface area contributed by atoms with E-state index >= 15 is 0 Å². The summed E-state index contributed by atoms with van der Waals surface area (Å²) in [7, 11) is 0. The number of nitrogens with zero attached hydrogens (tertiary/aromatic N) is 4. The minimum Gasteiger partial charge on any atom is -0.309 e. The van der Waals surface area contributed by atoms with Crippen molar-refractivity contribution in [2.45, 2.75) is 164 Å². The van der Waals surface area contributed by atoms with Crippen LogP contribution in [0.15, 0.2) is 443 Å². The first-order valence-electron chi connectivity index (χ1n) is 52.6. The van der Waals surface area contributed by atoms with Gasteiger partial charge in [0, 0.05) is 65.8 Å². The lowest BCUT2D eigenvalue weighted by molar-refractivity contribution is 0.568. The molecule has 0 N–H and O–H groups in total. The van der Waals surface area contributed by atoms with Crippen molar-refractivity contribution in [1.82, 2.24) is 18.3 Å². The minimum atomic E-state index is -0.358. The second-order valence-electron chi connectivity index (χ2n) is 44.5. The summed E-state index contributed by atoms with van der Waals surface area (Å²) in [5, 5.41) is 10.2. The third-order valence-electron chi connectivity index (χ3n) is 28.2. The van der Waals surface area contributed by atoms with E-state index in [-0.39, 0.29) is 56.7 Å². The van der Waals surface area contributed by atoms with Gasteiger partial charge in [0.25, 0.3) is 0 Å². The summed E-state index contributed by atoms with van der Waals surface area (Å²) in [6, 6.07) is 150. The first-order valence-corrected chi connectivity index (χ1v) is 50.6. The molecule has 143 heavy (non-hydrogen) atoms. The molecule has 19 aromatic carbocycles. The monoisotopic (exact) mass is 1860 g/mol. The van der Waals surface area contributed by atoms with E-state index in [1.807, 2.05) is 30.3 Å². The van der Waals surface area contributed by atoms with Crippen LogP contribution in [0, 0.1) is 6.92 Å². The lowest BCUT2D eigenvalue weighted by Crippen LogP contribution is -2.17. The Morgan fingerprint density at radius 2 is 0.420 bits per heavy atom. The van der Waals surface area contributed by atoms with Crippen LogP contribution in [-0.2, 0) is 32.5 Å². The van der Waals surface area contributed by atoms with Crippen molar-refractivity contribution >= 4 is 87.2 Å². The van der Waals surface area contributed by atoms with Crippen LogP contribution >= 0.6 is 0 Å². The molecule has 0 amide bonds. The molecule has 0 atom stereocenters. The Morgan fingerprint density at radius 3 is 0.692 bits per heavy atom. The van der Waals surface area contributed by atoms with Crippen molar-refractivity contribution in [1.29, 1.82) is 0 Å². The molecule has 0 fully saturated rings. The third-order valence-corrected chi connectivity index (χ3v) is 28.2. The Bertz CT molecular complexity index is 8800. The Labute approximate surface area is 851 Å². The first-order chi connectivity index (χ1) is 70.4. The van der Waals surface area contributed by atoms with Crippen LogP contribution in [0.2, 0.25) is 0 Å². The van der Waals surface area contributed by atoms with Gasteiger partial charge < -0.3 is 18.3 Å². The molecule has 0 radical (unpaired) electrons. The van der Waals surface area contributed by atoms with E-state index in [9.17, 15) is 0 Å². The van der Waals surface area contributed by atoms with Gasteiger partial charge in [-0.05, 0) is 248 Å². The molecule has 23 aromatic rings. The number of para-hydroxylation sites is 4. The summed E-state index contributed by atoms with van der Waals surface area (Å²) in [5.74, 6) is 0. The van der Waals surface area contributed by atoms with Crippen LogP contribution in [0.3, 0.4) is 0 Å². The highest BCUT2D eigenvalue weighted by atomic mass is 15.0. The molecule has 4 nitrogen and oxygen atoms in total. The maximum atomic E-state index is 8.97. The van der Waals surface area contributed by atoms with Gasteiger partial charge in [0.05, 0.1) is 49.6 Å². The molecule has 0 aliphatic rings. The Hall–Kier alpha value is -15.6. The number of fused-ring (bicyclic) bond motifs is 12. The van der Waals surface area contributed by atoms with Gasteiger partial charge in [-0.1, -0.05) is 476 Å². The van der Waals surface area contributed by atoms with Crippen LogP contribution < -0.4 is 0 Å². The summed E-state index contributed by atoms with van der Waals surface area (Å²) in [6.45, 7) is 43.2. The smallest absolute Gasteiger partial charge is 0.0632 e. The topological polar surface area (TPSA) is 19.7 Å². The summed E-state index contributed by atoms with van der Waals surface area (Å²) >= 11 is 0. The van der Waals surface area contributed by atoms with Gasteiger partial charge in [0.15, 0.2) is 0 Å². The highest BCUT2D eigenvalue weighted by Crippen LogP contribution is 2.53. The zero-order chi connectivity index (χ0) is 103. The number of hydrogen-bond acceptors (Lipinski definition) is 0. The van der Waals surface area contributed by atoms with E-state index in [1.165, 1.54) is 166 Å². The summed E-state index contributed by atoms with van der Waals surface area (Å²) in [5.41, 5.74) is 38.5. The van der Waals surface area contributed by atoms with Gasteiger partial charge in [-0.15, -0.1) is 0 Å². The number of rotatable bonds is 11. The number of aromatic nitrogens is 4. The average Bonchev–Trinajstić information content (AvgIpc) is 1.55. The second kappa shape index (κ2) is 38.1. The van der Waals surface area contributed by atoms with Crippen molar-refractivity contribution in [3.8, 4) is 101 Å². The standard InChI is InChI=1S/C42H45N.C35H31N.C34H29N.C28H25N/c1-40(2,3)30-25-29(26-31(27-30)41(4,5)6)34-23-24-36-38(39(34)42(7,8)9)37-33(28-17-12-10-13-18-28)21-16-22-35(37)43(36)32-19-14-11-15-20-32;1-24-13-11-16-26(23-24)29-21-22-31-33(34(29)35(2,3)4)32-28(25-14-7-5-8-15-25)19-12-20-30(32)36(31)27-17-9-6-10-18-27;1-34(2,3)33-28(25-16-9-5-10-17-25)22-23-30-32(33)31-27(24-14-7-4-8-15-24)20-13-21-29(31)35(30)26-18-11-6-12-19-26;1-28(2,3)23-17-11-19-25-27(23)26-22(20-12-6-4-7-13-20)16-10-18-24(26)29(25)21-14-8-5-9-15-21/h10-27H,1-9H3;5-23H,1-4H3;4-23H,1-3H3;4-19H,1-3H3/i;11D,13D,16D,23D;;. The fourth-order valence-corrected chi connectivity index (χ4v) is 21.9. The fourth-order valence-electron chi connectivity index (χ4n) is 21.9. The molecule has 0 aliphatic carbocycles. The maximum Gasteiger partial charge on any atom is 0.0632 e. The minimum absolute atomic E-state index is 0.0474. The normalized spacial score (nSPS) is 12.6. The second-order valence-corrected chi connectivity index (χ2v) is 44.5. The van der Waals surface area contributed by atoms with Gasteiger partial charge in [-0.2, -0.15) is 0 Å². The Kier molecular flexibility index (Phi) is 24.0. The van der Waals surface area contributed by atoms with Gasteiger partial charge in [-0.25, -0.2) is 0 Å². The highest BCUT2D eigenvalue weighted by molar-refractivity contribution is 6.22. The molecule has 706 valence electrons. The summed E-state index contributed by atoms with van der Waals surface area (Å²) < 4.78 is 44.2.